The van der Waals surface area contributed by atoms with Crippen molar-refractivity contribution in [3.05, 3.63) is 41.2 Å². The number of benzene rings is 1. The van der Waals surface area contributed by atoms with Crippen LogP contribution in [0.1, 0.15) is 30.7 Å². The Morgan fingerprint density at radius 1 is 1.22 bits per heavy atom. The summed E-state index contributed by atoms with van der Waals surface area (Å²) in [5.41, 5.74) is 3.57. The van der Waals surface area contributed by atoms with E-state index >= 15 is 0 Å². The third-order valence-electron chi connectivity index (χ3n) is 3.78. The van der Waals surface area contributed by atoms with Gasteiger partial charge in [-0.25, -0.2) is 0 Å². The summed E-state index contributed by atoms with van der Waals surface area (Å²) in [5.74, 6) is 2.07. The minimum atomic E-state index is 0.490. The van der Waals surface area contributed by atoms with Crippen molar-refractivity contribution < 1.29 is 9.47 Å². The Bertz CT molecular complexity index is 635. The highest BCUT2D eigenvalue weighted by atomic mass is 16.5. The fourth-order valence-electron chi connectivity index (χ4n) is 2.26. The molecule has 0 aliphatic heterocycles. The van der Waals surface area contributed by atoms with E-state index in [1.54, 1.807) is 7.11 Å². The van der Waals surface area contributed by atoms with E-state index in [0.29, 0.717) is 12.5 Å². The van der Waals surface area contributed by atoms with Gasteiger partial charge in [0.05, 0.1) is 19.9 Å². The molecule has 0 atom stereocenters. The summed E-state index contributed by atoms with van der Waals surface area (Å²) in [6.07, 6.45) is 1.91. The van der Waals surface area contributed by atoms with E-state index in [1.165, 1.54) is 16.8 Å². The molecule has 23 heavy (non-hydrogen) atoms. The second-order valence-corrected chi connectivity index (χ2v) is 6.17. The molecule has 0 spiro atoms. The fraction of sp³-hybridized carbons (Fsp3) is 0.500. The third-order valence-corrected chi connectivity index (χ3v) is 3.78. The number of hydrogen-bond acceptors (Lipinski definition) is 4. The number of aryl methyl sites for hydroxylation is 1. The van der Waals surface area contributed by atoms with Gasteiger partial charge in [0.1, 0.15) is 0 Å². The lowest BCUT2D eigenvalue weighted by Crippen LogP contribution is -2.13. The van der Waals surface area contributed by atoms with Crippen molar-refractivity contribution in [2.75, 3.05) is 13.7 Å². The van der Waals surface area contributed by atoms with Gasteiger partial charge in [-0.2, -0.15) is 5.10 Å². The van der Waals surface area contributed by atoms with Gasteiger partial charge in [0, 0.05) is 31.4 Å². The second-order valence-electron chi connectivity index (χ2n) is 6.17. The van der Waals surface area contributed by atoms with Gasteiger partial charge in [-0.3, -0.25) is 4.68 Å². The highest BCUT2D eigenvalue weighted by Gasteiger charge is 2.08. The Morgan fingerprint density at radius 3 is 2.61 bits per heavy atom. The van der Waals surface area contributed by atoms with Gasteiger partial charge in [-0.05, 0) is 30.5 Å². The molecule has 0 amide bonds. The SMILES string of the molecule is COc1cc(CNCc2cnn(C)c2C)ccc1OCC(C)C. The highest BCUT2D eigenvalue weighted by molar-refractivity contribution is 5.43. The van der Waals surface area contributed by atoms with Crippen LogP contribution in [-0.4, -0.2) is 23.5 Å². The van der Waals surface area contributed by atoms with Crippen LogP contribution in [0.15, 0.2) is 24.4 Å². The van der Waals surface area contributed by atoms with Crippen molar-refractivity contribution in [1.82, 2.24) is 15.1 Å². The molecule has 0 radical (unpaired) electrons. The molecule has 1 N–H and O–H groups in total. The first kappa shape index (κ1) is 17.3. The molecule has 0 aliphatic carbocycles. The average Bonchev–Trinajstić information content (AvgIpc) is 2.85. The molecule has 126 valence electrons. The predicted molar refractivity (Wildman–Crippen MR) is 91.8 cm³/mol. The normalized spacial score (nSPS) is 11.0. The van der Waals surface area contributed by atoms with Crippen molar-refractivity contribution in [2.45, 2.75) is 33.9 Å². The maximum atomic E-state index is 5.78. The molecule has 5 nitrogen and oxygen atoms in total. The molecular weight excluding hydrogens is 290 g/mol. The smallest absolute Gasteiger partial charge is 0.161 e. The number of ether oxygens (including phenoxy) is 2. The minimum Gasteiger partial charge on any atom is -0.493 e. The van der Waals surface area contributed by atoms with E-state index in [-0.39, 0.29) is 0 Å². The first-order chi connectivity index (χ1) is 11.0. The molecule has 2 rings (SSSR count). The van der Waals surface area contributed by atoms with Crippen LogP contribution in [0, 0.1) is 12.8 Å². The van der Waals surface area contributed by atoms with Crippen molar-refractivity contribution in [3.63, 3.8) is 0 Å². The summed E-state index contributed by atoms with van der Waals surface area (Å²) in [7, 11) is 3.63. The summed E-state index contributed by atoms with van der Waals surface area (Å²) in [5, 5.41) is 7.70. The first-order valence-corrected chi connectivity index (χ1v) is 7.99. The Morgan fingerprint density at radius 2 is 2.00 bits per heavy atom. The fourth-order valence-corrected chi connectivity index (χ4v) is 2.26. The van der Waals surface area contributed by atoms with Crippen molar-refractivity contribution >= 4 is 0 Å². The molecule has 0 bridgehead atoms. The molecule has 0 saturated heterocycles. The zero-order valence-corrected chi connectivity index (χ0v) is 14.7. The molecule has 5 heteroatoms. The Hall–Kier alpha value is -2.01. The van der Waals surface area contributed by atoms with Gasteiger partial charge in [0.25, 0.3) is 0 Å². The third kappa shape index (κ3) is 4.73. The maximum Gasteiger partial charge on any atom is 0.161 e. The zero-order valence-electron chi connectivity index (χ0n) is 14.7. The summed E-state index contributed by atoms with van der Waals surface area (Å²) in [4.78, 5) is 0. The van der Waals surface area contributed by atoms with Crippen molar-refractivity contribution in [3.8, 4) is 11.5 Å². The molecule has 1 aromatic heterocycles. The van der Waals surface area contributed by atoms with Gasteiger partial charge in [0.2, 0.25) is 0 Å². The van der Waals surface area contributed by atoms with E-state index in [0.717, 1.165) is 24.6 Å². The quantitative estimate of drug-likeness (QED) is 0.813. The van der Waals surface area contributed by atoms with Crippen molar-refractivity contribution in [2.24, 2.45) is 13.0 Å². The summed E-state index contributed by atoms with van der Waals surface area (Å²) in [6, 6.07) is 6.08. The van der Waals surface area contributed by atoms with Crippen LogP contribution in [0.3, 0.4) is 0 Å². The summed E-state index contributed by atoms with van der Waals surface area (Å²) in [6.45, 7) is 8.60. The van der Waals surface area contributed by atoms with Gasteiger partial charge < -0.3 is 14.8 Å². The van der Waals surface area contributed by atoms with Crippen LogP contribution in [0.4, 0.5) is 0 Å². The van der Waals surface area contributed by atoms with Crippen LogP contribution >= 0.6 is 0 Å². The molecular formula is C18H27N3O2. The highest BCUT2D eigenvalue weighted by Crippen LogP contribution is 2.28. The van der Waals surface area contributed by atoms with Gasteiger partial charge in [0.15, 0.2) is 11.5 Å². The Kier molecular flexibility index (Phi) is 6.04. The monoisotopic (exact) mass is 317 g/mol. The van der Waals surface area contributed by atoms with E-state index < -0.39 is 0 Å². The average molecular weight is 317 g/mol. The first-order valence-electron chi connectivity index (χ1n) is 7.99. The number of methoxy groups -OCH3 is 1. The lowest BCUT2D eigenvalue weighted by atomic mass is 10.2. The van der Waals surface area contributed by atoms with Crippen molar-refractivity contribution in [1.29, 1.82) is 0 Å². The number of hydrogen-bond donors (Lipinski definition) is 1. The summed E-state index contributed by atoms with van der Waals surface area (Å²) >= 11 is 0. The van der Waals surface area contributed by atoms with Crippen LogP contribution in [0.5, 0.6) is 11.5 Å². The molecule has 2 aromatic rings. The second kappa shape index (κ2) is 8.02. The lowest BCUT2D eigenvalue weighted by Gasteiger charge is -2.14. The number of nitrogens with zero attached hydrogens (tertiary/aromatic N) is 2. The maximum absolute atomic E-state index is 5.78. The number of aromatic nitrogens is 2. The number of rotatable bonds is 8. The van der Waals surface area contributed by atoms with Gasteiger partial charge in [-0.15, -0.1) is 0 Å². The predicted octanol–water partition coefficient (Wildman–Crippen LogP) is 3.06. The zero-order chi connectivity index (χ0) is 16.8. The standard InChI is InChI=1S/C18H27N3O2/c1-13(2)12-23-17-7-6-15(8-18(17)22-5)9-19-10-16-11-20-21(4)14(16)3/h6-8,11,13,19H,9-10,12H2,1-5H3. The van der Waals surface area contributed by atoms with E-state index in [1.807, 2.05) is 30.1 Å². The summed E-state index contributed by atoms with van der Waals surface area (Å²) < 4.78 is 13.1. The topological polar surface area (TPSA) is 48.3 Å². The molecule has 0 aliphatic rings. The van der Waals surface area contributed by atoms with E-state index in [2.05, 4.69) is 37.3 Å². The van der Waals surface area contributed by atoms with Gasteiger partial charge >= 0.3 is 0 Å². The van der Waals surface area contributed by atoms with E-state index in [4.69, 9.17) is 9.47 Å². The molecule has 0 saturated carbocycles. The lowest BCUT2D eigenvalue weighted by molar-refractivity contribution is 0.256. The van der Waals surface area contributed by atoms with Crippen LogP contribution in [0.2, 0.25) is 0 Å². The Labute approximate surface area is 138 Å². The molecule has 1 heterocycles. The van der Waals surface area contributed by atoms with Gasteiger partial charge in [-0.1, -0.05) is 19.9 Å². The van der Waals surface area contributed by atoms with E-state index in [9.17, 15) is 0 Å². The molecule has 0 unspecified atom stereocenters. The Balaban J connectivity index is 1.93. The van der Waals surface area contributed by atoms with Crippen LogP contribution < -0.4 is 14.8 Å². The molecule has 1 aromatic carbocycles. The molecule has 0 fully saturated rings. The largest absolute Gasteiger partial charge is 0.493 e. The minimum absolute atomic E-state index is 0.490. The van der Waals surface area contributed by atoms with Crippen LogP contribution in [-0.2, 0) is 20.1 Å². The number of nitrogens with one attached hydrogen (secondary N) is 1. The van der Waals surface area contributed by atoms with Crippen LogP contribution in [0.25, 0.3) is 0 Å².